The lowest BCUT2D eigenvalue weighted by Crippen LogP contribution is -2.24. The van der Waals surface area contributed by atoms with Gasteiger partial charge >= 0.3 is 5.97 Å². The minimum atomic E-state index is -0.859. The molecule has 1 aromatic rings. The zero-order chi connectivity index (χ0) is 10.4. The normalized spacial score (nSPS) is 9.71. The van der Waals surface area contributed by atoms with E-state index in [0.29, 0.717) is 18.5 Å². The number of aromatic amines is 1. The van der Waals surface area contributed by atoms with Gasteiger partial charge in [0.1, 0.15) is 0 Å². The number of rotatable bonds is 5. The fraction of sp³-hybridized carbons (Fsp3) is 0.375. The SMILES string of the molecule is O=C(O)CCCNC(=O)c1cn[nH]c1. The van der Waals surface area contributed by atoms with Gasteiger partial charge in [0.15, 0.2) is 0 Å². The Bertz CT molecular complexity index is 308. The van der Waals surface area contributed by atoms with E-state index in [9.17, 15) is 9.59 Å². The number of amides is 1. The van der Waals surface area contributed by atoms with Crippen molar-refractivity contribution in [3.63, 3.8) is 0 Å². The molecular formula is C8H11N3O3. The molecule has 0 bridgehead atoms. The highest BCUT2D eigenvalue weighted by Crippen LogP contribution is 1.93. The molecule has 1 aromatic heterocycles. The molecular weight excluding hydrogens is 186 g/mol. The van der Waals surface area contributed by atoms with Crippen molar-refractivity contribution >= 4 is 11.9 Å². The van der Waals surface area contributed by atoms with Gasteiger partial charge in [0.05, 0.1) is 11.8 Å². The van der Waals surface area contributed by atoms with Crippen LogP contribution in [0.15, 0.2) is 12.4 Å². The van der Waals surface area contributed by atoms with E-state index in [1.54, 1.807) is 0 Å². The molecule has 0 aliphatic carbocycles. The number of aromatic nitrogens is 2. The highest BCUT2D eigenvalue weighted by Gasteiger charge is 2.05. The van der Waals surface area contributed by atoms with Crippen LogP contribution in [0.4, 0.5) is 0 Å². The molecule has 3 N–H and O–H groups in total. The fourth-order valence-electron chi connectivity index (χ4n) is 0.919. The van der Waals surface area contributed by atoms with E-state index in [2.05, 4.69) is 15.5 Å². The Balaban J connectivity index is 2.19. The molecule has 6 heteroatoms. The number of nitrogens with one attached hydrogen (secondary N) is 2. The van der Waals surface area contributed by atoms with Gasteiger partial charge < -0.3 is 10.4 Å². The third-order valence-electron chi connectivity index (χ3n) is 1.61. The average molecular weight is 197 g/mol. The van der Waals surface area contributed by atoms with Crippen LogP contribution in [-0.2, 0) is 4.79 Å². The van der Waals surface area contributed by atoms with Crippen LogP contribution >= 0.6 is 0 Å². The summed E-state index contributed by atoms with van der Waals surface area (Å²) in [7, 11) is 0. The monoisotopic (exact) mass is 197 g/mol. The predicted molar refractivity (Wildman–Crippen MR) is 47.8 cm³/mol. The first-order valence-electron chi connectivity index (χ1n) is 4.19. The number of nitrogens with zero attached hydrogens (tertiary/aromatic N) is 1. The van der Waals surface area contributed by atoms with Crippen LogP contribution in [0.3, 0.4) is 0 Å². The average Bonchev–Trinajstić information content (AvgIpc) is 2.64. The number of hydrogen-bond donors (Lipinski definition) is 3. The highest BCUT2D eigenvalue weighted by atomic mass is 16.4. The second kappa shape index (κ2) is 5.00. The fourth-order valence-corrected chi connectivity index (χ4v) is 0.919. The van der Waals surface area contributed by atoms with Crippen LogP contribution in [0.1, 0.15) is 23.2 Å². The number of hydrogen-bond acceptors (Lipinski definition) is 3. The van der Waals surface area contributed by atoms with E-state index in [0.717, 1.165) is 0 Å². The van der Waals surface area contributed by atoms with E-state index in [1.165, 1.54) is 12.4 Å². The van der Waals surface area contributed by atoms with E-state index >= 15 is 0 Å². The van der Waals surface area contributed by atoms with Crippen LogP contribution in [0.5, 0.6) is 0 Å². The second-order valence-electron chi connectivity index (χ2n) is 2.74. The molecule has 0 atom stereocenters. The number of H-pyrrole nitrogens is 1. The molecule has 0 saturated heterocycles. The molecule has 1 heterocycles. The summed E-state index contributed by atoms with van der Waals surface area (Å²) in [6.07, 6.45) is 3.38. The van der Waals surface area contributed by atoms with Crippen LogP contribution in [0.2, 0.25) is 0 Å². The Labute approximate surface area is 80.3 Å². The van der Waals surface area contributed by atoms with Crippen molar-refractivity contribution in [1.82, 2.24) is 15.5 Å². The van der Waals surface area contributed by atoms with Gasteiger partial charge in [-0.1, -0.05) is 0 Å². The Morgan fingerprint density at radius 2 is 2.36 bits per heavy atom. The van der Waals surface area contributed by atoms with Crippen LogP contribution in [0.25, 0.3) is 0 Å². The first-order valence-corrected chi connectivity index (χ1v) is 4.19. The lowest BCUT2D eigenvalue weighted by Gasteiger charge is -2.00. The molecule has 0 saturated carbocycles. The number of carboxylic acid groups (broad SMARTS) is 1. The first-order chi connectivity index (χ1) is 6.70. The minimum Gasteiger partial charge on any atom is -0.481 e. The second-order valence-corrected chi connectivity index (χ2v) is 2.74. The first kappa shape index (κ1) is 10.2. The topological polar surface area (TPSA) is 95.1 Å². The van der Waals surface area contributed by atoms with Crippen molar-refractivity contribution in [1.29, 1.82) is 0 Å². The molecule has 0 fully saturated rings. The van der Waals surface area contributed by atoms with Crippen LogP contribution in [0, 0.1) is 0 Å². The molecule has 0 aromatic carbocycles. The number of aliphatic carboxylic acids is 1. The molecule has 14 heavy (non-hydrogen) atoms. The number of carbonyl (C=O) groups is 2. The summed E-state index contributed by atoms with van der Waals surface area (Å²) in [6.45, 7) is 0.357. The quantitative estimate of drug-likeness (QED) is 0.579. The zero-order valence-corrected chi connectivity index (χ0v) is 7.49. The van der Waals surface area contributed by atoms with E-state index in [4.69, 9.17) is 5.11 Å². The zero-order valence-electron chi connectivity index (χ0n) is 7.49. The lowest BCUT2D eigenvalue weighted by atomic mass is 10.3. The molecule has 0 unspecified atom stereocenters. The van der Waals surface area contributed by atoms with Gasteiger partial charge in [-0.15, -0.1) is 0 Å². The van der Waals surface area contributed by atoms with Crippen LogP contribution in [-0.4, -0.2) is 33.7 Å². The summed E-state index contributed by atoms with van der Waals surface area (Å²) >= 11 is 0. The predicted octanol–water partition coefficient (Wildman–Crippen LogP) is 0.00430. The standard InChI is InChI=1S/C8H11N3O3/c12-7(13)2-1-3-9-8(14)6-4-10-11-5-6/h4-5H,1-3H2,(H,9,14)(H,10,11)(H,12,13). The Morgan fingerprint density at radius 3 is 2.93 bits per heavy atom. The maximum absolute atomic E-state index is 11.2. The van der Waals surface area contributed by atoms with Gasteiger partial charge in [-0.05, 0) is 6.42 Å². The van der Waals surface area contributed by atoms with Gasteiger partial charge in [0, 0.05) is 19.2 Å². The molecule has 0 radical (unpaired) electrons. The van der Waals surface area contributed by atoms with Crippen molar-refractivity contribution in [3.8, 4) is 0 Å². The van der Waals surface area contributed by atoms with Crippen LogP contribution < -0.4 is 5.32 Å². The highest BCUT2D eigenvalue weighted by molar-refractivity contribution is 5.93. The molecule has 1 amide bonds. The summed E-state index contributed by atoms with van der Waals surface area (Å²) in [6, 6.07) is 0. The number of carbonyl (C=O) groups excluding carboxylic acids is 1. The van der Waals surface area contributed by atoms with E-state index < -0.39 is 5.97 Å². The van der Waals surface area contributed by atoms with E-state index in [1.807, 2.05) is 0 Å². The molecule has 6 nitrogen and oxygen atoms in total. The summed E-state index contributed by atoms with van der Waals surface area (Å²) < 4.78 is 0. The van der Waals surface area contributed by atoms with Gasteiger partial charge in [0.25, 0.3) is 5.91 Å². The van der Waals surface area contributed by atoms with Gasteiger partial charge in [0.2, 0.25) is 0 Å². The molecule has 1 rings (SSSR count). The van der Waals surface area contributed by atoms with Gasteiger partial charge in [-0.2, -0.15) is 5.10 Å². The smallest absolute Gasteiger partial charge is 0.303 e. The Kier molecular flexibility index (Phi) is 3.66. The van der Waals surface area contributed by atoms with Gasteiger partial charge in [-0.25, -0.2) is 0 Å². The third-order valence-corrected chi connectivity index (χ3v) is 1.61. The Morgan fingerprint density at radius 1 is 1.57 bits per heavy atom. The molecule has 0 aliphatic rings. The maximum atomic E-state index is 11.2. The van der Waals surface area contributed by atoms with Crippen molar-refractivity contribution in [2.75, 3.05) is 6.54 Å². The summed E-state index contributed by atoms with van der Waals surface area (Å²) in [5.41, 5.74) is 0.445. The van der Waals surface area contributed by atoms with Crippen molar-refractivity contribution in [2.24, 2.45) is 0 Å². The lowest BCUT2D eigenvalue weighted by molar-refractivity contribution is -0.137. The molecule has 76 valence electrons. The minimum absolute atomic E-state index is 0.0612. The molecule has 0 aliphatic heterocycles. The van der Waals surface area contributed by atoms with Crippen molar-refractivity contribution in [2.45, 2.75) is 12.8 Å². The molecule has 0 spiro atoms. The number of carboxylic acids is 1. The van der Waals surface area contributed by atoms with Crippen molar-refractivity contribution in [3.05, 3.63) is 18.0 Å². The third kappa shape index (κ3) is 3.26. The van der Waals surface area contributed by atoms with E-state index in [-0.39, 0.29) is 12.3 Å². The van der Waals surface area contributed by atoms with Crippen molar-refractivity contribution < 1.29 is 14.7 Å². The summed E-state index contributed by atoms with van der Waals surface area (Å²) in [5.74, 6) is -1.10. The Hall–Kier alpha value is -1.85. The summed E-state index contributed by atoms with van der Waals surface area (Å²) in [4.78, 5) is 21.4. The summed E-state index contributed by atoms with van der Waals surface area (Å²) in [5, 5.41) is 17.0. The van der Waals surface area contributed by atoms with Gasteiger partial charge in [-0.3, -0.25) is 14.7 Å². The largest absolute Gasteiger partial charge is 0.481 e. The maximum Gasteiger partial charge on any atom is 0.303 e.